The number of benzene rings is 1. The number of sulfonamides is 1. The van der Waals surface area contributed by atoms with Crippen molar-refractivity contribution in [1.82, 2.24) is 4.31 Å². The Kier molecular flexibility index (Phi) is 3.56. The summed E-state index contributed by atoms with van der Waals surface area (Å²) >= 11 is 0. The van der Waals surface area contributed by atoms with Gasteiger partial charge in [-0.25, -0.2) is 12.8 Å². The number of rotatable bonds is 3. The summed E-state index contributed by atoms with van der Waals surface area (Å²) in [6, 6.07) is 4.13. The zero-order valence-corrected chi connectivity index (χ0v) is 12.1. The van der Waals surface area contributed by atoms with E-state index >= 15 is 0 Å². The highest BCUT2D eigenvalue weighted by Crippen LogP contribution is 2.40. The van der Waals surface area contributed by atoms with Gasteiger partial charge in [0, 0.05) is 25.2 Å². The smallest absolute Gasteiger partial charge is 0.243 e. The normalized spacial score (nSPS) is 26.9. The Morgan fingerprint density at radius 3 is 2.50 bits per heavy atom. The molecule has 2 fully saturated rings. The summed E-state index contributed by atoms with van der Waals surface area (Å²) < 4.78 is 40.6. The number of halogens is 1. The molecule has 3 rings (SSSR count). The van der Waals surface area contributed by atoms with Gasteiger partial charge in [-0.15, -0.1) is 0 Å². The molecule has 110 valence electrons. The van der Waals surface area contributed by atoms with Crippen LogP contribution in [0.2, 0.25) is 0 Å². The Labute approximate surface area is 118 Å². The van der Waals surface area contributed by atoms with Crippen LogP contribution in [-0.4, -0.2) is 25.8 Å². The molecule has 1 aliphatic heterocycles. The van der Waals surface area contributed by atoms with E-state index in [9.17, 15) is 12.8 Å². The minimum absolute atomic E-state index is 0.0278. The first-order valence-electron chi connectivity index (χ1n) is 7.01. The van der Waals surface area contributed by atoms with Gasteiger partial charge in [0.05, 0.1) is 4.90 Å². The van der Waals surface area contributed by atoms with Gasteiger partial charge in [-0.1, -0.05) is 12.5 Å². The molecule has 0 bridgehead atoms. The van der Waals surface area contributed by atoms with Crippen LogP contribution in [0.1, 0.15) is 24.8 Å². The maximum absolute atomic E-state index is 13.7. The van der Waals surface area contributed by atoms with Crippen molar-refractivity contribution in [2.75, 3.05) is 13.1 Å². The van der Waals surface area contributed by atoms with Crippen LogP contribution in [0.15, 0.2) is 23.1 Å². The van der Waals surface area contributed by atoms with E-state index in [-0.39, 0.29) is 17.0 Å². The van der Waals surface area contributed by atoms with E-state index in [0.717, 1.165) is 12.8 Å². The van der Waals surface area contributed by atoms with Crippen LogP contribution in [0, 0.1) is 17.7 Å². The number of fused-ring (bicyclic) bond motifs is 1. The molecule has 2 N–H and O–H groups in total. The SMILES string of the molecule is NCc1c(F)cccc1S(=O)(=O)N1CC2CCCC2C1. The predicted octanol–water partition coefficient (Wildman–Crippen LogP) is 1.71. The Morgan fingerprint density at radius 1 is 1.25 bits per heavy atom. The number of hydrogen-bond acceptors (Lipinski definition) is 3. The monoisotopic (exact) mass is 298 g/mol. The molecule has 2 aliphatic rings. The molecule has 0 spiro atoms. The van der Waals surface area contributed by atoms with Crippen LogP contribution >= 0.6 is 0 Å². The van der Waals surface area contributed by atoms with E-state index in [4.69, 9.17) is 5.73 Å². The third-order valence-electron chi connectivity index (χ3n) is 4.59. The van der Waals surface area contributed by atoms with Gasteiger partial charge in [0.15, 0.2) is 0 Å². The third-order valence-corrected chi connectivity index (χ3v) is 6.51. The summed E-state index contributed by atoms with van der Waals surface area (Å²) in [6.45, 7) is 1.02. The lowest BCUT2D eigenvalue weighted by Gasteiger charge is -2.19. The van der Waals surface area contributed by atoms with E-state index in [1.165, 1.54) is 28.9 Å². The molecule has 1 saturated heterocycles. The molecule has 1 aromatic rings. The van der Waals surface area contributed by atoms with Crippen LogP contribution in [0.4, 0.5) is 4.39 Å². The van der Waals surface area contributed by atoms with Crippen LogP contribution in [0.5, 0.6) is 0 Å². The highest BCUT2D eigenvalue weighted by Gasteiger charge is 2.42. The molecule has 1 aromatic carbocycles. The molecule has 0 aromatic heterocycles. The fourth-order valence-corrected chi connectivity index (χ4v) is 5.30. The standard InChI is InChI=1S/C14H19FN2O2S/c15-13-5-2-6-14(12(13)7-16)20(18,19)17-8-10-3-1-4-11(10)9-17/h2,5-6,10-11H,1,3-4,7-9,16H2. The Balaban J connectivity index is 1.95. The average molecular weight is 298 g/mol. The first-order chi connectivity index (χ1) is 9.54. The number of nitrogens with zero attached hydrogens (tertiary/aromatic N) is 1. The van der Waals surface area contributed by atoms with E-state index in [0.29, 0.717) is 24.9 Å². The zero-order valence-electron chi connectivity index (χ0n) is 11.3. The first kappa shape index (κ1) is 14.0. The molecule has 20 heavy (non-hydrogen) atoms. The van der Waals surface area contributed by atoms with Crippen molar-refractivity contribution >= 4 is 10.0 Å². The summed E-state index contributed by atoms with van der Waals surface area (Å²) in [5.74, 6) is 0.396. The van der Waals surface area contributed by atoms with E-state index in [1.807, 2.05) is 0 Å². The molecule has 1 aliphatic carbocycles. The van der Waals surface area contributed by atoms with E-state index in [1.54, 1.807) is 0 Å². The molecule has 0 radical (unpaired) electrons. The van der Waals surface area contributed by atoms with Gasteiger partial charge >= 0.3 is 0 Å². The first-order valence-corrected chi connectivity index (χ1v) is 8.45. The summed E-state index contributed by atoms with van der Waals surface area (Å²) in [5, 5.41) is 0. The third kappa shape index (κ3) is 2.16. The number of nitrogens with two attached hydrogens (primary N) is 1. The lowest BCUT2D eigenvalue weighted by molar-refractivity contribution is 0.444. The second-order valence-electron chi connectivity index (χ2n) is 5.69. The van der Waals surface area contributed by atoms with Crippen molar-refractivity contribution in [1.29, 1.82) is 0 Å². The molecule has 2 unspecified atom stereocenters. The van der Waals surface area contributed by atoms with Gasteiger partial charge in [0.2, 0.25) is 10.0 Å². The van der Waals surface area contributed by atoms with Crippen LogP contribution in [0.3, 0.4) is 0 Å². The molecule has 2 atom stereocenters. The fourth-order valence-electron chi connectivity index (χ4n) is 3.51. The largest absolute Gasteiger partial charge is 0.326 e. The molecule has 0 amide bonds. The summed E-state index contributed by atoms with van der Waals surface area (Å²) in [7, 11) is -3.63. The van der Waals surface area contributed by atoms with Crippen molar-refractivity contribution in [2.45, 2.75) is 30.7 Å². The second-order valence-corrected chi connectivity index (χ2v) is 7.60. The summed E-state index contributed by atoms with van der Waals surface area (Å²) in [6.07, 6.45) is 3.39. The second kappa shape index (κ2) is 5.09. The van der Waals surface area contributed by atoms with Crippen LogP contribution in [0.25, 0.3) is 0 Å². The van der Waals surface area contributed by atoms with Gasteiger partial charge in [-0.2, -0.15) is 4.31 Å². The highest BCUT2D eigenvalue weighted by molar-refractivity contribution is 7.89. The van der Waals surface area contributed by atoms with Gasteiger partial charge in [0.25, 0.3) is 0 Å². The van der Waals surface area contributed by atoms with Gasteiger partial charge in [-0.05, 0) is 36.8 Å². The van der Waals surface area contributed by atoms with E-state index in [2.05, 4.69) is 0 Å². The maximum atomic E-state index is 13.7. The summed E-state index contributed by atoms with van der Waals surface area (Å²) in [4.78, 5) is 0.0278. The van der Waals surface area contributed by atoms with Crippen molar-refractivity contribution in [2.24, 2.45) is 17.6 Å². The number of hydrogen-bond donors (Lipinski definition) is 1. The van der Waals surface area contributed by atoms with Crippen molar-refractivity contribution in [3.63, 3.8) is 0 Å². The maximum Gasteiger partial charge on any atom is 0.243 e. The van der Waals surface area contributed by atoms with Gasteiger partial charge in [0.1, 0.15) is 5.82 Å². The van der Waals surface area contributed by atoms with Crippen LogP contribution in [-0.2, 0) is 16.6 Å². The minimum Gasteiger partial charge on any atom is -0.326 e. The lowest BCUT2D eigenvalue weighted by Crippen LogP contribution is -2.31. The quantitative estimate of drug-likeness (QED) is 0.924. The Morgan fingerprint density at radius 2 is 1.90 bits per heavy atom. The van der Waals surface area contributed by atoms with Gasteiger partial charge in [-0.3, -0.25) is 0 Å². The molecule has 6 heteroatoms. The summed E-state index contributed by atoms with van der Waals surface area (Å²) in [5.41, 5.74) is 5.60. The molecular formula is C14H19FN2O2S. The topological polar surface area (TPSA) is 63.4 Å². The zero-order chi connectivity index (χ0) is 14.3. The minimum atomic E-state index is -3.63. The average Bonchev–Trinajstić information content (AvgIpc) is 2.99. The van der Waals surface area contributed by atoms with Crippen molar-refractivity contribution < 1.29 is 12.8 Å². The Hall–Kier alpha value is -0.980. The molecular weight excluding hydrogens is 279 g/mol. The van der Waals surface area contributed by atoms with Gasteiger partial charge < -0.3 is 5.73 Å². The predicted molar refractivity (Wildman–Crippen MR) is 73.9 cm³/mol. The Bertz CT molecular complexity index is 606. The molecule has 1 heterocycles. The molecule has 1 saturated carbocycles. The highest BCUT2D eigenvalue weighted by atomic mass is 32.2. The lowest BCUT2D eigenvalue weighted by atomic mass is 10.0. The van der Waals surface area contributed by atoms with Crippen LogP contribution < -0.4 is 5.73 Å². The van der Waals surface area contributed by atoms with E-state index < -0.39 is 15.8 Å². The fraction of sp³-hybridized carbons (Fsp3) is 0.571. The van der Waals surface area contributed by atoms with Crippen molar-refractivity contribution in [3.05, 3.63) is 29.6 Å². The molecule has 4 nitrogen and oxygen atoms in total. The van der Waals surface area contributed by atoms with Crippen molar-refractivity contribution in [3.8, 4) is 0 Å².